The van der Waals surface area contributed by atoms with Gasteiger partial charge in [-0.25, -0.2) is 0 Å². The molecule has 98 valence electrons. The second-order valence-electron chi connectivity index (χ2n) is 5.60. The van der Waals surface area contributed by atoms with Crippen molar-refractivity contribution in [3.63, 3.8) is 0 Å². The highest BCUT2D eigenvalue weighted by Crippen LogP contribution is 2.42. The minimum Gasteiger partial charge on any atom is -0.486 e. The summed E-state index contributed by atoms with van der Waals surface area (Å²) in [5, 5.41) is 3.44. The molecule has 1 aromatic carbocycles. The van der Waals surface area contributed by atoms with Gasteiger partial charge in [-0.1, -0.05) is 13.3 Å². The Bertz CT molecular complexity index is 455. The Morgan fingerprint density at radius 3 is 2.50 bits per heavy atom. The zero-order valence-corrected chi connectivity index (χ0v) is 10.8. The van der Waals surface area contributed by atoms with Crippen LogP contribution >= 0.6 is 0 Å². The number of ether oxygens (including phenoxy) is 2. The van der Waals surface area contributed by atoms with Crippen molar-refractivity contribution < 1.29 is 9.47 Å². The Morgan fingerprint density at radius 1 is 1.22 bits per heavy atom. The van der Waals surface area contributed by atoms with Gasteiger partial charge in [0.1, 0.15) is 13.2 Å². The summed E-state index contributed by atoms with van der Waals surface area (Å²) in [6.07, 6.45) is 3.93. The summed E-state index contributed by atoms with van der Waals surface area (Å²) >= 11 is 0. The first-order valence-electron chi connectivity index (χ1n) is 6.59. The van der Waals surface area contributed by atoms with Crippen LogP contribution in [0.2, 0.25) is 0 Å². The molecule has 4 heteroatoms. The first-order chi connectivity index (χ1) is 8.66. The average molecular weight is 248 g/mol. The Balaban J connectivity index is 1.75. The van der Waals surface area contributed by atoms with Gasteiger partial charge in [-0.3, -0.25) is 0 Å². The van der Waals surface area contributed by atoms with Gasteiger partial charge in [0, 0.05) is 18.7 Å². The molecule has 0 aromatic heterocycles. The van der Waals surface area contributed by atoms with Gasteiger partial charge in [0.25, 0.3) is 0 Å². The van der Waals surface area contributed by atoms with Crippen LogP contribution in [0.3, 0.4) is 0 Å². The predicted octanol–water partition coefficient (Wildman–Crippen LogP) is 2.64. The van der Waals surface area contributed by atoms with E-state index in [-0.39, 0.29) is 0 Å². The highest BCUT2D eigenvalue weighted by atomic mass is 16.6. The van der Waals surface area contributed by atoms with Crippen LogP contribution < -0.4 is 20.5 Å². The van der Waals surface area contributed by atoms with Gasteiger partial charge < -0.3 is 20.5 Å². The van der Waals surface area contributed by atoms with Crippen LogP contribution in [0.5, 0.6) is 11.5 Å². The van der Waals surface area contributed by atoms with Crippen LogP contribution in [0, 0.1) is 5.41 Å². The number of hydrogen-bond donors (Lipinski definition) is 2. The van der Waals surface area contributed by atoms with E-state index in [4.69, 9.17) is 15.2 Å². The highest BCUT2D eigenvalue weighted by Gasteiger charge is 2.31. The highest BCUT2D eigenvalue weighted by molar-refractivity contribution is 5.72. The lowest BCUT2D eigenvalue weighted by atomic mass is 9.70. The fraction of sp³-hybridized carbons (Fsp3) is 0.571. The van der Waals surface area contributed by atoms with Crippen molar-refractivity contribution in [3.05, 3.63) is 12.1 Å². The van der Waals surface area contributed by atoms with E-state index in [1.165, 1.54) is 19.3 Å². The lowest BCUT2D eigenvalue weighted by molar-refractivity contribution is 0.171. The van der Waals surface area contributed by atoms with E-state index in [0.717, 1.165) is 29.4 Å². The standard InChI is InChI=1S/C14H20N2O2/c1-14(3-2-4-14)9-16-11-8-13-12(7-10(11)15)17-5-6-18-13/h7-8,16H,2-6,9,15H2,1H3. The van der Waals surface area contributed by atoms with Gasteiger partial charge in [0.15, 0.2) is 11.5 Å². The predicted molar refractivity (Wildman–Crippen MR) is 72.3 cm³/mol. The topological polar surface area (TPSA) is 56.5 Å². The van der Waals surface area contributed by atoms with E-state index < -0.39 is 0 Å². The van der Waals surface area contributed by atoms with Gasteiger partial charge in [0.2, 0.25) is 0 Å². The molecule has 18 heavy (non-hydrogen) atoms. The number of anilines is 2. The summed E-state index contributed by atoms with van der Waals surface area (Å²) in [6.45, 7) is 4.49. The fourth-order valence-corrected chi connectivity index (χ4v) is 2.52. The van der Waals surface area contributed by atoms with E-state index >= 15 is 0 Å². The van der Waals surface area contributed by atoms with Gasteiger partial charge >= 0.3 is 0 Å². The second-order valence-corrected chi connectivity index (χ2v) is 5.60. The molecule has 4 nitrogen and oxygen atoms in total. The van der Waals surface area contributed by atoms with Gasteiger partial charge in [-0.05, 0) is 18.3 Å². The van der Waals surface area contributed by atoms with Crippen LogP contribution in [0.15, 0.2) is 12.1 Å². The maximum atomic E-state index is 6.04. The molecule has 0 saturated heterocycles. The summed E-state index contributed by atoms with van der Waals surface area (Å²) in [5.74, 6) is 1.54. The molecule has 3 rings (SSSR count). The number of fused-ring (bicyclic) bond motifs is 1. The lowest BCUT2D eigenvalue weighted by Crippen LogP contribution is -2.33. The third-order valence-corrected chi connectivity index (χ3v) is 3.98. The van der Waals surface area contributed by atoms with E-state index in [1.807, 2.05) is 12.1 Å². The van der Waals surface area contributed by atoms with E-state index in [9.17, 15) is 0 Å². The van der Waals surface area contributed by atoms with Crippen molar-refractivity contribution in [1.82, 2.24) is 0 Å². The Hall–Kier alpha value is -1.58. The van der Waals surface area contributed by atoms with Crippen LogP contribution in [-0.4, -0.2) is 19.8 Å². The van der Waals surface area contributed by atoms with Crippen LogP contribution in [-0.2, 0) is 0 Å². The maximum absolute atomic E-state index is 6.04. The molecule has 1 aliphatic heterocycles. The molecular formula is C14H20N2O2. The van der Waals surface area contributed by atoms with Gasteiger partial charge in [0.05, 0.1) is 11.4 Å². The van der Waals surface area contributed by atoms with Crippen molar-refractivity contribution in [2.24, 2.45) is 5.41 Å². The second kappa shape index (κ2) is 4.26. The smallest absolute Gasteiger partial charge is 0.163 e. The molecule has 0 radical (unpaired) electrons. The molecular weight excluding hydrogens is 228 g/mol. The van der Waals surface area contributed by atoms with Crippen LogP contribution in [0.1, 0.15) is 26.2 Å². The molecule has 1 aliphatic carbocycles. The zero-order valence-electron chi connectivity index (χ0n) is 10.8. The average Bonchev–Trinajstić information content (AvgIpc) is 2.34. The molecule has 0 amide bonds. The summed E-state index contributed by atoms with van der Waals surface area (Å²) in [6, 6.07) is 3.80. The third kappa shape index (κ3) is 2.07. The molecule has 1 saturated carbocycles. The van der Waals surface area contributed by atoms with Crippen molar-refractivity contribution in [1.29, 1.82) is 0 Å². The third-order valence-electron chi connectivity index (χ3n) is 3.98. The Labute approximate surface area is 107 Å². The zero-order chi connectivity index (χ0) is 12.6. The summed E-state index contributed by atoms with van der Waals surface area (Å²) < 4.78 is 11.1. The maximum Gasteiger partial charge on any atom is 0.163 e. The van der Waals surface area contributed by atoms with Crippen molar-refractivity contribution >= 4 is 11.4 Å². The van der Waals surface area contributed by atoms with Gasteiger partial charge in [-0.2, -0.15) is 0 Å². The molecule has 0 unspecified atom stereocenters. The number of hydrogen-bond acceptors (Lipinski definition) is 4. The fourth-order valence-electron chi connectivity index (χ4n) is 2.52. The molecule has 1 fully saturated rings. The molecule has 3 N–H and O–H groups in total. The summed E-state index contributed by atoms with van der Waals surface area (Å²) in [4.78, 5) is 0. The quantitative estimate of drug-likeness (QED) is 0.807. The van der Waals surface area contributed by atoms with Crippen LogP contribution in [0.4, 0.5) is 11.4 Å². The van der Waals surface area contributed by atoms with Crippen molar-refractivity contribution in [2.45, 2.75) is 26.2 Å². The number of benzene rings is 1. The number of nitrogens with one attached hydrogen (secondary N) is 1. The van der Waals surface area contributed by atoms with E-state index in [1.54, 1.807) is 0 Å². The number of rotatable bonds is 3. The summed E-state index contributed by atoms with van der Waals surface area (Å²) in [5.41, 5.74) is 8.14. The minimum absolute atomic E-state index is 0.430. The summed E-state index contributed by atoms with van der Waals surface area (Å²) in [7, 11) is 0. The van der Waals surface area contributed by atoms with Crippen LogP contribution in [0.25, 0.3) is 0 Å². The molecule has 0 bridgehead atoms. The number of nitrogen functional groups attached to an aromatic ring is 1. The van der Waals surface area contributed by atoms with E-state index in [0.29, 0.717) is 18.6 Å². The molecule has 1 heterocycles. The van der Waals surface area contributed by atoms with Crippen molar-refractivity contribution in [3.8, 4) is 11.5 Å². The molecule has 2 aliphatic rings. The van der Waals surface area contributed by atoms with Crippen molar-refractivity contribution in [2.75, 3.05) is 30.8 Å². The monoisotopic (exact) mass is 248 g/mol. The number of nitrogens with two attached hydrogens (primary N) is 1. The Morgan fingerprint density at radius 2 is 1.89 bits per heavy atom. The molecule has 0 atom stereocenters. The Kier molecular flexibility index (Phi) is 2.73. The SMILES string of the molecule is CC1(CNc2cc3c(cc2N)OCCO3)CCC1. The first-order valence-corrected chi connectivity index (χ1v) is 6.59. The molecule has 1 aromatic rings. The van der Waals surface area contributed by atoms with E-state index in [2.05, 4.69) is 12.2 Å². The minimum atomic E-state index is 0.430. The normalized spacial score (nSPS) is 20.1. The molecule has 0 spiro atoms. The van der Waals surface area contributed by atoms with Gasteiger partial charge in [-0.15, -0.1) is 0 Å². The lowest BCUT2D eigenvalue weighted by Gasteiger charge is -2.38. The largest absolute Gasteiger partial charge is 0.486 e. The first kappa shape index (κ1) is 11.5.